The van der Waals surface area contributed by atoms with Gasteiger partial charge in [-0.15, -0.1) is 0 Å². The molecule has 34 heavy (non-hydrogen) atoms. The van der Waals surface area contributed by atoms with E-state index in [1.165, 1.54) is 60.9 Å². The fraction of sp³-hybridized carbons (Fsp3) is 0.455. The van der Waals surface area contributed by atoms with Gasteiger partial charge in [-0.2, -0.15) is 8.61 Å². The van der Waals surface area contributed by atoms with Crippen LogP contribution >= 0.6 is 23.2 Å². The second-order valence-corrected chi connectivity index (χ2v) is 12.9. The smallest absolute Gasteiger partial charge is 0.243 e. The molecule has 0 saturated carbocycles. The molecule has 1 N–H and O–H groups in total. The van der Waals surface area contributed by atoms with Crippen molar-refractivity contribution in [3.05, 3.63) is 58.6 Å². The van der Waals surface area contributed by atoms with Gasteiger partial charge in [-0.3, -0.25) is 0 Å². The van der Waals surface area contributed by atoms with Crippen molar-refractivity contribution < 1.29 is 26.7 Å². The molecular weight excluding hydrogens is 523 g/mol. The van der Waals surface area contributed by atoms with Gasteiger partial charge < -0.3 is 9.84 Å². The Morgan fingerprint density at radius 1 is 0.912 bits per heavy atom. The van der Waals surface area contributed by atoms with E-state index in [9.17, 15) is 21.9 Å². The number of halogens is 2. The van der Waals surface area contributed by atoms with Gasteiger partial charge in [0.25, 0.3) is 0 Å². The number of hydrogen-bond donors (Lipinski definition) is 1. The molecule has 0 bridgehead atoms. The molecule has 2 aromatic carbocycles. The van der Waals surface area contributed by atoms with Crippen LogP contribution in [0.15, 0.2) is 58.3 Å². The summed E-state index contributed by atoms with van der Waals surface area (Å²) < 4.78 is 60.4. The van der Waals surface area contributed by atoms with Crippen molar-refractivity contribution in [2.75, 3.05) is 33.9 Å². The van der Waals surface area contributed by atoms with Crippen molar-refractivity contribution in [1.82, 2.24) is 8.61 Å². The maximum Gasteiger partial charge on any atom is 0.243 e. The first-order valence-corrected chi connectivity index (χ1v) is 14.1. The van der Waals surface area contributed by atoms with Gasteiger partial charge in [0.2, 0.25) is 20.0 Å². The van der Waals surface area contributed by atoms with Crippen molar-refractivity contribution in [2.45, 2.75) is 35.8 Å². The first kappa shape index (κ1) is 29.0. The lowest BCUT2D eigenvalue weighted by molar-refractivity contribution is 0.0360. The first-order valence-electron chi connectivity index (χ1n) is 10.5. The average molecular weight is 554 g/mol. The number of benzene rings is 2. The van der Waals surface area contributed by atoms with Crippen LogP contribution in [0.5, 0.6) is 0 Å². The van der Waals surface area contributed by atoms with E-state index in [1.807, 2.05) is 0 Å². The highest BCUT2D eigenvalue weighted by Gasteiger charge is 2.34. The zero-order valence-electron chi connectivity index (χ0n) is 19.4. The molecule has 0 unspecified atom stereocenters. The Kier molecular flexibility index (Phi) is 10.3. The van der Waals surface area contributed by atoms with Gasteiger partial charge in [0.05, 0.1) is 22.5 Å². The SMILES string of the molecule is CO[C@H](CN(C)S(=O)(=O)c1ccc(Cl)cc1)[C@H](C)CN([C@H](C)CO)S(=O)(=O)c1cccc(Cl)c1. The molecule has 190 valence electrons. The largest absolute Gasteiger partial charge is 0.395 e. The minimum Gasteiger partial charge on any atom is -0.395 e. The van der Waals surface area contributed by atoms with Crippen LogP contribution in [0.25, 0.3) is 0 Å². The molecule has 0 amide bonds. The molecule has 0 aliphatic heterocycles. The predicted molar refractivity (Wildman–Crippen MR) is 133 cm³/mol. The minimum atomic E-state index is -3.99. The summed E-state index contributed by atoms with van der Waals surface area (Å²) in [5.41, 5.74) is 0. The first-order chi connectivity index (χ1) is 15.8. The summed E-state index contributed by atoms with van der Waals surface area (Å²) in [6.07, 6.45) is -0.630. The molecule has 0 fully saturated rings. The summed E-state index contributed by atoms with van der Waals surface area (Å²) in [5.74, 6) is -0.421. The van der Waals surface area contributed by atoms with E-state index in [0.29, 0.717) is 5.02 Å². The monoisotopic (exact) mass is 552 g/mol. The van der Waals surface area contributed by atoms with Crippen molar-refractivity contribution >= 4 is 43.2 Å². The van der Waals surface area contributed by atoms with E-state index in [2.05, 4.69) is 0 Å². The van der Waals surface area contributed by atoms with Gasteiger partial charge in [-0.05, 0) is 55.3 Å². The third-order valence-corrected chi connectivity index (χ3v) is 9.82. The summed E-state index contributed by atoms with van der Waals surface area (Å²) in [6.45, 7) is 2.94. The third kappa shape index (κ3) is 6.92. The van der Waals surface area contributed by atoms with E-state index in [4.69, 9.17) is 27.9 Å². The van der Waals surface area contributed by atoms with Gasteiger partial charge in [-0.1, -0.05) is 36.2 Å². The molecule has 0 radical (unpaired) electrons. The van der Waals surface area contributed by atoms with Gasteiger partial charge >= 0.3 is 0 Å². The quantitative estimate of drug-likeness (QED) is 0.433. The number of aliphatic hydroxyl groups excluding tert-OH is 1. The lowest BCUT2D eigenvalue weighted by Gasteiger charge is -2.33. The minimum absolute atomic E-state index is 0.00361. The molecule has 0 saturated heterocycles. The third-order valence-electron chi connectivity index (χ3n) is 5.52. The second-order valence-electron chi connectivity index (χ2n) is 8.05. The maximum absolute atomic E-state index is 13.3. The number of sulfonamides is 2. The molecule has 0 heterocycles. The van der Waals surface area contributed by atoms with E-state index >= 15 is 0 Å². The zero-order valence-corrected chi connectivity index (χ0v) is 22.6. The molecule has 12 heteroatoms. The standard InChI is InChI=1S/C22H30Cl2N2O6S2/c1-16(13-26(17(2)15-27)34(30,31)21-7-5-6-19(24)12-21)22(32-4)14-25(3)33(28,29)20-10-8-18(23)9-11-20/h5-12,16-17,22,27H,13-15H2,1-4H3/t16-,17-,22-/m1/s1. The summed E-state index contributed by atoms with van der Waals surface area (Å²) in [6, 6.07) is 11.0. The molecule has 2 rings (SSSR count). The molecule has 0 spiro atoms. The van der Waals surface area contributed by atoms with Crippen molar-refractivity contribution in [3.8, 4) is 0 Å². The number of ether oxygens (including phenoxy) is 1. The van der Waals surface area contributed by atoms with Crippen LogP contribution in [0.4, 0.5) is 0 Å². The van der Waals surface area contributed by atoms with Crippen LogP contribution < -0.4 is 0 Å². The zero-order chi connectivity index (χ0) is 25.7. The van der Waals surface area contributed by atoms with E-state index in [1.54, 1.807) is 19.9 Å². The lowest BCUT2D eigenvalue weighted by Crippen LogP contribution is -2.47. The summed E-state index contributed by atoms with van der Waals surface area (Å²) >= 11 is 11.8. The van der Waals surface area contributed by atoms with Crippen molar-refractivity contribution in [2.24, 2.45) is 5.92 Å². The molecule has 8 nitrogen and oxygen atoms in total. The molecule has 0 aromatic heterocycles. The Balaban J connectivity index is 2.26. The molecular formula is C22H30Cl2N2O6S2. The average Bonchev–Trinajstić information content (AvgIpc) is 2.80. The van der Waals surface area contributed by atoms with Crippen LogP contribution in [0.1, 0.15) is 13.8 Å². The highest BCUT2D eigenvalue weighted by atomic mass is 35.5. The fourth-order valence-electron chi connectivity index (χ4n) is 3.40. The predicted octanol–water partition coefficient (Wildman–Crippen LogP) is 3.34. The normalized spacial score (nSPS) is 15.4. The highest BCUT2D eigenvalue weighted by molar-refractivity contribution is 7.89. The second kappa shape index (κ2) is 12.1. The Labute approximate surface area is 212 Å². The number of aliphatic hydroxyl groups is 1. The Morgan fingerprint density at radius 2 is 1.53 bits per heavy atom. The van der Waals surface area contributed by atoms with Crippen LogP contribution in [-0.2, 0) is 24.8 Å². The number of likely N-dealkylation sites (N-methyl/N-ethyl adjacent to an activating group) is 1. The topological polar surface area (TPSA) is 104 Å². The highest BCUT2D eigenvalue weighted by Crippen LogP contribution is 2.25. The Bertz CT molecular complexity index is 1160. The Hall–Kier alpha value is -1.24. The number of nitrogens with zero attached hydrogens (tertiary/aromatic N) is 2. The van der Waals surface area contributed by atoms with Gasteiger partial charge in [-0.25, -0.2) is 16.8 Å². The number of methoxy groups -OCH3 is 1. The number of rotatable bonds is 12. The van der Waals surface area contributed by atoms with Crippen molar-refractivity contribution in [3.63, 3.8) is 0 Å². The summed E-state index contributed by atoms with van der Waals surface area (Å²) in [5, 5.41) is 10.4. The van der Waals surface area contributed by atoms with E-state index < -0.39 is 44.7 Å². The fourth-order valence-corrected chi connectivity index (χ4v) is 6.73. The maximum atomic E-state index is 13.3. The van der Waals surface area contributed by atoms with Crippen LogP contribution in [0, 0.1) is 5.92 Å². The molecule has 2 aromatic rings. The van der Waals surface area contributed by atoms with Gasteiger partial charge in [0.15, 0.2) is 0 Å². The summed E-state index contributed by atoms with van der Waals surface area (Å²) in [7, 11) is -4.93. The van der Waals surface area contributed by atoms with E-state index in [0.717, 1.165) is 4.31 Å². The van der Waals surface area contributed by atoms with Crippen LogP contribution in [0.3, 0.4) is 0 Å². The van der Waals surface area contributed by atoms with Crippen LogP contribution in [0.2, 0.25) is 10.0 Å². The molecule has 0 aliphatic carbocycles. The van der Waals surface area contributed by atoms with Crippen molar-refractivity contribution in [1.29, 1.82) is 0 Å². The Morgan fingerprint density at radius 3 is 2.06 bits per heavy atom. The summed E-state index contributed by atoms with van der Waals surface area (Å²) in [4.78, 5) is 0.0878. The number of hydrogen-bond acceptors (Lipinski definition) is 6. The molecule has 0 aliphatic rings. The van der Waals surface area contributed by atoms with E-state index in [-0.39, 0.29) is 27.9 Å². The van der Waals surface area contributed by atoms with Gasteiger partial charge in [0.1, 0.15) is 0 Å². The van der Waals surface area contributed by atoms with Crippen LogP contribution in [-0.4, -0.2) is 76.6 Å². The van der Waals surface area contributed by atoms with Gasteiger partial charge in [0, 0.05) is 43.3 Å². The molecule has 3 atom stereocenters. The lowest BCUT2D eigenvalue weighted by atomic mass is 10.0.